The van der Waals surface area contributed by atoms with Crippen LogP contribution in [0.2, 0.25) is 5.02 Å². The summed E-state index contributed by atoms with van der Waals surface area (Å²) in [5.41, 5.74) is 4.76. The third-order valence-electron chi connectivity index (χ3n) is 2.87. The van der Waals surface area contributed by atoms with E-state index in [-0.39, 0.29) is 11.3 Å². The fourth-order valence-electron chi connectivity index (χ4n) is 1.75. The Morgan fingerprint density at radius 3 is 2.30 bits per heavy atom. The first-order valence-electron chi connectivity index (χ1n) is 6.47. The Kier molecular flexibility index (Phi) is 5.36. The average Bonchev–Trinajstić information content (AvgIpc) is 3.02. The number of hydrazine groups is 1. The molecule has 23 heavy (non-hydrogen) atoms. The van der Waals surface area contributed by atoms with Crippen LogP contribution in [0.15, 0.2) is 30.3 Å². The Labute approximate surface area is 141 Å². The average molecular weight is 353 g/mol. The van der Waals surface area contributed by atoms with Gasteiger partial charge in [0.05, 0.1) is 22.4 Å². The number of benzene rings is 1. The minimum absolute atomic E-state index is 0.123. The number of Topliss-reactive ketones (excluding diaryl/α,β-unsaturated/α-hetero) is 1. The van der Waals surface area contributed by atoms with Crippen LogP contribution >= 0.6 is 22.9 Å². The smallest absolute Gasteiger partial charge is 0.279 e. The van der Waals surface area contributed by atoms with Crippen LogP contribution in [0.5, 0.6) is 5.75 Å². The third kappa shape index (κ3) is 4.08. The highest BCUT2D eigenvalue weighted by Crippen LogP contribution is 2.22. The van der Waals surface area contributed by atoms with Crippen LogP contribution in [0, 0.1) is 0 Å². The van der Waals surface area contributed by atoms with E-state index in [1.807, 2.05) is 0 Å². The van der Waals surface area contributed by atoms with Gasteiger partial charge in [0.25, 0.3) is 11.8 Å². The summed E-state index contributed by atoms with van der Waals surface area (Å²) in [6.07, 6.45) is 0. The number of carbonyl (C=O) groups is 3. The number of ether oxygens (including phenoxy) is 1. The molecule has 0 atom stereocenters. The Hall–Kier alpha value is -2.38. The molecule has 0 unspecified atom stereocenters. The molecule has 0 bridgehead atoms. The van der Waals surface area contributed by atoms with Crippen molar-refractivity contribution < 1.29 is 19.1 Å². The van der Waals surface area contributed by atoms with E-state index in [1.54, 1.807) is 18.2 Å². The van der Waals surface area contributed by atoms with Crippen molar-refractivity contribution in [3.63, 3.8) is 0 Å². The highest BCUT2D eigenvalue weighted by atomic mass is 35.5. The van der Waals surface area contributed by atoms with Gasteiger partial charge < -0.3 is 4.74 Å². The molecule has 0 saturated carbocycles. The predicted molar refractivity (Wildman–Crippen MR) is 87.3 cm³/mol. The summed E-state index contributed by atoms with van der Waals surface area (Å²) in [5.74, 6) is -0.879. The molecule has 0 fully saturated rings. The van der Waals surface area contributed by atoms with Crippen molar-refractivity contribution >= 4 is 40.5 Å². The summed E-state index contributed by atoms with van der Waals surface area (Å²) >= 11 is 6.90. The second-order valence-corrected chi connectivity index (χ2v) is 5.99. The van der Waals surface area contributed by atoms with Crippen LogP contribution in [-0.2, 0) is 0 Å². The van der Waals surface area contributed by atoms with Crippen LogP contribution in [0.25, 0.3) is 0 Å². The highest BCUT2D eigenvalue weighted by Gasteiger charge is 2.15. The Bertz CT molecular complexity index is 773. The van der Waals surface area contributed by atoms with Gasteiger partial charge in [-0.25, -0.2) is 0 Å². The molecule has 1 aromatic carbocycles. The molecule has 6 nitrogen and oxygen atoms in total. The van der Waals surface area contributed by atoms with Gasteiger partial charge in [-0.1, -0.05) is 11.6 Å². The lowest BCUT2D eigenvalue weighted by Crippen LogP contribution is -2.41. The summed E-state index contributed by atoms with van der Waals surface area (Å²) in [6.45, 7) is 1.42. The predicted octanol–water partition coefficient (Wildman–Crippen LogP) is 2.69. The van der Waals surface area contributed by atoms with Gasteiger partial charge in [0.15, 0.2) is 5.78 Å². The number of thiophene rings is 1. The lowest BCUT2D eigenvalue weighted by Gasteiger charge is -2.10. The molecule has 0 radical (unpaired) electrons. The van der Waals surface area contributed by atoms with Crippen molar-refractivity contribution in [2.24, 2.45) is 0 Å². The molecule has 0 aliphatic heterocycles. The van der Waals surface area contributed by atoms with E-state index in [0.29, 0.717) is 20.5 Å². The van der Waals surface area contributed by atoms with E-state index in [1.165, 1.54) is 26.2 Å². The van der Waals surface area contributed by atoms with Gasteiger partial charge in [0, 0.05) is 5.02 Å². The second-order valence-electron chi connectivity index (χ2n) is 4.47. The van der Waals surface area contributed by atoms with Crippen molar-refractivity contribution in [2.45, 2.75) is 6.92 Å². The number of ketones is 1. The number of carbonyl (C=O) groups excluding carboxylic acids is 3. The summed E-state index contributed by atoms with van der Waals surface area (Å²) in [4.78, 5) is 36.1. The number of rotatable bonds is 4. The monoisotopic (exact) mass is 352 g/mol. The summed E-state index contributed by atoms with van der Waals surface area (Å²) in [5, 5.41) is 0.367. The topological polar surface area (TPSA) is 84.5 Å². The number of nitrogens with one attached hydrogen (secondary N) is 2. The van der Waals surface area contributed by atoms with Gasteiger partial charge in [-0.2, -0.15) is 0 Å². The second kappa shape index (κ2) is 7.26. The molecule has 2 amide bonds. The van der Waals surface area contributed by atoms with Crippen molar-refractivity contribution in [1.82, 2.24) is 10.9 Å². The third-order valence-corrected chi connectivity index (χ3v) is 4.29. The number of halogens is 1. The molecule has 1 heterocycles. The maximum absolute atomic E-state index is 12.1. The molecule has 0 saturated heterocycles. The van der Waals surface area contributed by atoms with Crippen molar-refractivity contribution in [1.29, 1.82) is 0 Å². The molecule has 8 heteroatoms. The van der Waals surface area contributed by atoms with Crippen LogP contribution in [0.1, 0.15) is 36.6 Å². The van der Waals surface area contributed by atoms with Gasteiger partial charge in [0.1, 0.15) is 5.75 Å². The first kappa shape index (κ1) is 17.0. The Morgan fingerprint density at radius 2 is 1.70 bits per heavy atom. The number of hydrogen-bond acceptors (Lipinski definition) is 5. The van der Waals surface area contributed by atoms with Crippen LogP contribution in [0.3, 0.4) is 0 Å². The van der Waals surface area contributed by atoms with Crippen LogP contribution < -0.4 is 15.6 Å². The molecule has 120 valence electrons. The van der Waals surface area contributed by atoms with Gasteiger partial charge in [-0.3, -0.25) is 25.2 Å². The van der Waals surface area contributed by atoms with E-state index in [2.05, 4.69) is 10.9 Å². The molecule has 1 aromatic heterocycles. The zero-order valence-electron chi connectivity index (χ0n) is 12.3. The molecule has 2 N–H and O–H groups in total. The molecule has 0 spiro atoms. The Morgan fingerprint density at radius 1 is 1.04 bits per heavy atom. The number of amides is 2. The Balaban J connectivity index is 2.05. The molecular weight excluding hydrogens is 340 g/mol. The van der Waals surface area contributed by atoms with Crippen molar-refractivity contribution in [3.8, 4) is 5.75 Å². The van der Waals surface area contributed by atoms with E-state index < -0.39 is 11.8 Å². The van der Waals surface area contributed by atoms with Crippen molar-refractivity contribution in [3.05, 3.63) is 50.7 Å². The van der Waals surface area contributed by atoms with Crippen LogP contribution in [0.4, 0.5) is 0 Å². The minimum atomic E-state index is -0.568. The summed E-state index contributed by atoms with van der Waals surface area (Å²) in [7, 11) is 1.42. The summed E-state index contributed by atoms with van der Waals surface area (Å²) < 4.78 is 5.07. The normalized spacial score (nSPS) is 10.0. The first-order valence-corrected chi connectivity index (χ1v) is 7.67. The van der Waals surface area contributed by atoms with Gasteiger partial charge in [-0.15, -0.1) is 11.3 Å². The van der Waals surface area contributed by atoms with E-state index in [9.17, 15) is 14.4 Å². The molecule has 2 rings (SSSR count). The number of methoxy groups -OCH3 is 1. The molecule has 0 aliphatic carbocycles. The van der Waals surface area contributed by atoms with Gasteiger partial charge >= 0.3 is 0 Å². The summed E-state index contributed by atoms with van der Waals surface area (Å²) in [6, 6.07) is 7.65. The first-order chi connectivity index (χ1) is 10.9. The fourth-order valence-corrected chi connectivity index (χ4v) is 2.72. The number of hydrogen-bond donors (Lipinski definition) is 2. The zero-order chi connectivity index (χ0) is 17.0. The lowest BCUT2D eigenvalue weighted by molar-refractivity contribution is 0.0847. The largest absolute Gasteiger partial charge is 0.496 e. The van der Waals surface area contributed by atoms with E-state index in [4.69, 9.17) is 16.3 Å². The highest BCUT2D eigenvalue weighted by molar-refractivity contribution is 7.15. The standard InChI is InChI=1S/C15H13ClN2O4S/c1-8(19)12-5-6-13(23-12)15(21)18-17-14(20)10-7-9(16)3-4-11(10)22-2/h3-7H,1-2H3,(H,17,20)(H,18,21). The van der Waals surface area contributed by atoms with E-state index >= 15 is 0 Å². The van der Waals surface area contributed by atoms with Crippen molar-refractivity contribution in [2.75, 3.05) is 7.11 Å². The maximum Gasteiger partial charge on any atom is 0.279 e. The van der Waals surface area contributed by atoms with Gasteiger partial charge in [0.2, 0.25) is 0 Å². The van der Waals surface area contributed by atoms with E-state index in [0.717, 1.165) is 11.3 Å². The minimum Gasteiger partial charge on any atom is -0.496 e. The zero-order valence-corrected chi connectivity index (χ0v) is 13.9. The quantitative estimate of drug-likeness (QED) is 0.654. The van der Waals surface area contributed by atoms with Crippen LogP contribution in [-0.4, -0.2) is 24.7 Å². The SMILES string of the molecule is COc1ccc(Cl)cc1C(=O)NNC(=O)c1ccc(C(C)=O)s1. The lowest BCUT2D eigenvalue weighted by atomic mass is 10.2. The fraction of sp³-hybridized carbons (Fsp3) is 0.133. The van der Waals surface area contributed by atoms with Gasteiger partial charge in [-0.05, 0) is 37.3 Å². The molecule has 0 aliphatic rings. The molecular formula is C15H13ClN2O4S. The maximum atomic E-state index is 12.1. The molecule has 2 aromatic rings.